The highest BCUT2D eigenvalue weighted by Gasteiger charge is 2.39. The summed E-state index contributed by atoms with van der Waals surface area (Å²) >= 11 is 0. The van der Waals surface area contributed by atoms with Crippen LogP contribution in [0.5, 0.6) is 0 Å². The minimum atomic E-state index is -4.16. The van der Waals surface area contributed by atoms with Crippen molar-refractivity contribution in [3.63, 3.8) is 0 Å². The van der Waals surface area contributed by atoms with Gasteiger partial charge in [0.2, 0.25) is 15.9 Å². The van der Waals surface area contributed by atoms with Gasteiger partial charge in [-0.15, -0.1) is 0 Å². The molecular weight excluding hydrogens is 590 g/mol. The van der Waals surface area contributed by atoms with E-state index in [1.54, 1.807) is 44.2 Å². The van der Waals surface area contributed by atoms with Crippen molar-refractivity contribution >= 4 is 55.0 Å². The van der Waals surface area contributed by atoms with E-state index in [-0.39, 0.29) is 4.90 Å². The molecule has 3 N–H and O–H groups in total. The van der Waals surface area contributed by atoms with Crippen LogP contribution in [0.25, 0.3) is 21.5 Å². The molecule has 0 aliphatic heterocycles. The fourth-order valence-corrected chi connectivity index (χ4v) is 6.98. The lowest BCUT2D eigenvalue weighted by atomic mass is 9.94. The number of carbonyl (C=O) groups excluding carboxylic acids is 2. The summed E-state index contributed by atoms with van der Waals surface area (Å²) in [5, 5.41) is 15.7. The summed E-state index contributed by atoms with van der Waals surface area (Å²) in [6.07, 6.45) is 0.980. The van der Waals surface area contributed by atoms with Crippen LogP contribution in [0.1, 0.15) is 47.5 Å². The summed E-state index contributed by atoms with van der Waals surface area (Å²) in [4.78, 5) is 42.0. The van der Waals surface area contributed by atoms with Gasteiger partial charge in [-0.05, 0) is 41.7 Å². The molecule has 0 heterocycles. The molecule has 9 nitrogen and oxygen atoms in total. The Hall–Kier alpha value is -4.28. The SMILES string of the molecule is CC[C@H](C)[C@H](NS(=O)(=O)c1cccc2ccccc12)C(=O)N[C@H](C(=O)N(c1cccc2ccccc12)[C@@H](C)C(=O)O)[C@@H](C)CC. The number of rotatable bonds is 13. The average Bonchev–Trinajstić information content (AvgIpc) is 3.05. The Balaban J connectivity index is 1.72. The number of carboxylic acid groups (broad SMARTS) is 1. The molecule has 0 saturated carbocycles. The fraction of sp³-hybridized carbons (Fsp3) is 0.343. The van der Waals surface area contributed by atoms with Gasteiger partial charge in [0.1, 0.15) is 18.1 Å². The van der Waals surface area contributed by atoms with Gasteiger partial charge in [0.25, 0.3) is 5.91 Å². The monoisotopic (exact) mass is 631 g/mol. The maximum atomic E-state index is 14.4. The average molecular weight is 632 g/mol. The number of sulfonamides is 1. The summed E-state index contributed by atoms with van der Waals surface area (Å²) in [6.45, 7) is 8.72. The molecule has 2 amide bonds. The molecule has 0 fully saturated rings. The van der Waals surface area contributed by atoms with Gasteiger partial charge in [-0.1, -0.05) is 113 Å². The minimum Gasteiger partial charge on any atom is -0.480 e. The van der Waals surface area contributed by atoms with Crippen molar-refractivity contribution < 1.29 is 27.9 Å². The number of hydrogen-bond donors (Lipinski definition) is 3. The van der Waals surface area contributed by atoms with Gasteiger partial charge >= 0.3 is 5.97 Å². The lowest BCUT2D eigenvalue weighted by Crippen LogP contribution is -2.59. The third-order valence-corrected chi connectivity index (χ3v) is 10.1. The third kappa shape index (κ3) is 7.18. The van der Waals surface area contributed by atoms with Crippen molar-refractivity contribution in [1.29, 1.82) is 0 Å². The highest BCUT2D eigenvalue weighted by molar-refractivity contribution is 7.89. The van der Waals surface area contributed by atoms with Crippen LogP contribution < -0.4 is 14.9 Å². The Labute approximate surface area is 264 Å². The Kier molecular flexibility index (Phi) is 10.6. The van der Waals surface area contributed by atoms with Crippen LogP contribution in [0.2, 0.25) is 0 Å². The Morgan fingerprint density at radius 1 is 0.733 bits per heavy atom. The standard InChI is InChI=1S/C35H41N3O6S/c1-6-22(3)31(37-45(43,44)30-21-13-17-26-15-9-11-19-28(26)30)33(39)36-32(23(4)7-2)34(40)38(24(5)35(41)42)29-20-12-16-25-14-8-10-18-27(25)29/h8-24,31-32,37H,6-7H2,1-5H3,(H,36,39)(H,41,42)/t22-,23-,24-,31-,32-/m0/s1. The Morgan fingerprint density at radius 3 is 1.84 bits per heavy atom. The van der Waals surface area contributed by atoms with Crippen LogP contribution in [-0.4, -0.2) is 49.4 Å². The summed E-state index contributed by atoms with van der Waals surface area (Å²) in [5.74, 6) is -3.27. The molecule has 0 saturated heterocycles. The topological polar surface area (TPSA) is 133 Å². The number of fused-ring (bicyclic) bond motifs is 2. The summed E-state index contributed by atoms with van der Waals surface area (Å²) in [5.41, 5.74) is 0.408. The normalized spacial score (nSPS) is 15.1. The number of nitrogens with zero attached hydrogens (tertiary/aromatic N) is 1. The Morgan fingerprint density at radius 2 is 1.24 bits per heavy atom. The summed E-state index contributed by atoms with van der Waals surface area (Å²) < 4.78 is 30.1. The van der Waals surface area contributed by atoms with Crippen molar-refractivity contribution in [1.82, 2.24) is 10.0 Å². The second-order valence-electron chi connectivity index (χ2n) is 11.6. The van der Waals surface area contributed by atoms with Crippen LogP contribution >= 0.6 is 0 Å². The first-order valence-electron chi connectivity index (χ1n) is 15.2. The number of carboxylic acids is 1. The molecule has 0 aromatic heterocycles. The number of anilines is 1. The van der Waals surface area contributed by atoms with Crippen molar-refractivity contribution in [2.75, 3.05) is 4.90 Å². The first-order valence-corrected chi connectivity index (χ1v) is 16.7. The van der Waals surface area contributed by atoms with Gasteiger partial charge < -0.3 is 10.4 Å². The molecule has 0 aliphatic carbocycles. The number of amides is 2. The quantitative estimate of drug-likeness (QED) is 0.173. The molecule has 4 rings (SSSR count). The van der Waals surface area contributed by atoms with E-state index in [4.69, 9.17) is 0 Å². The van der Waals surface area contributed by atoms with Gasteiger partial charge in [0.15, 0.2) is 0 Å². The number of carbonyl (C=O) groups is 3. The number of nitrogens with one attached hydrogen (secondary N) is 2. The van der Waals surface area contributed by atoms with Crippen LogP contribution in [0.15, 0.2) is 89.8 Å². The molecule has 0 unspecified atom stereocenters. The predicted molar refractivity (Wildman–Crippen MR) is 177 cm³/mol. The second kappa shape index (κ2) is 14.2. The van der Waals surface area contributed by atoms with Crippen LogP contribution in [0.4, 0.5) is 5.69 Å². The zero-order valence-electron chi connectivity index (χ0n) is 26.2. The zero-order valence-corrected chi connectivity index (χ0v) is 27.0. The molecule has 0 bridgehead atoms. The lowest BCUT2D eigenvalue weighted by Gasteiger charge is -2.35. The molecule has 238 valence electrons. The van der Waals surface area contributed by atoms with Gasteiger partial charge in [-0.2, -0.15) is 4.72 Å². The van der Waals surface area contributed by atoms with Crippen molar-refractivity contribution in [3.8, 4) is 0 Å². The molecule has 4 aromatic rings. The summed E-state index contributed by atoms with van der Waals surface area (Å²) in [6, 6.07) is 21.2. The van der Waals surface area contributed by atoms with E-state index < -0.39 is 57.8 Å². The largest absolute Gasteiger partial charge is 0.480 e. The van der Waals surface area contributed by atoms with E-state index in [2.05, 4.69) is 10.0 Å². The van der Waals surface area contributed by atoms with Crippen molar-refractivity contribution in [3.05, 3.63) is 84.9 Å². The molecule has 0 spiro atoms. The van der Waals surface area contributed by atoms with E-state index >= 15 is 0 Å². The maximum absolute atomic E-state index is 14.4. The van der Waals surface area contributed by atoms with Crippen LogP contribution in [-0.2, 0) is 24.4 Å². The number of hydrogen-bond acceptors (Lipinski definition) is 5. The fourth-order valence-electron chi connectivity index (χ4n) is 5.45. The van der Waals surface area contributed by atoms with Gasteiger partial charge in [-0.25, -0.2) is 13.2 Å². The van der Waals surface area contributed by atoms with Gasteiger partial charge in [-0.3, -0.25) is 14.5 Å². The smallest absolute Gasteiger partial charge is 0.326 e. The predicted octanol–water partition coefficient (Wildman–Crippen LogP) is 5.72. The van der Waals surface area contributed by atoms with Crippen LogP contribution in [0.3, 0.4) is 0 Å². The molecule has 5 atom stereocenters. The Bertz CT molecular complexity index is 1800. The minimum absolute atomic E-state index is 0.0497. The van der Waals surface area contributed by atoms with E-state index in [1.165, 1.54) is 17.9 Å². The third-order valence-electron chi connectivity index (χ3n) is 8.60. The van der Waals surface area contributed by atoms with E-state index in [1.807, 2.05) is 62.4 Å². The first kappa shape index (κ1) is 33.6. The molecule has 45 heavy (non-hydrogen) atoms. The highest BCUT2D eigenvalue weighted by Crippen LogP contribution is 2.30. The highest BCUT2D eigenvalue weighted by atomic mass is 32.2. The first-order chi connectivity index (χ1) is 21.4. The molecule has 0 aliphatic rings. The van der Waals surface area contributed by atoms with Crippen molar-refractivity contribution in [2.24, 2.45) is 11.8 Å². The van der Waals surface area contributed by atoms with Gasteiger partial charge in [0, 0.05) is 10.8 Å². The van der Waals surface area contributed by atoms with Crippen LogP contribution in [0, 0.1) is 11.8 Å². The summed E-state index contributed by atoms with van der Waals surface area (Å²) in [7, 11) is -4.16. The zero-order chi connectivity index (χ0) is 32.9. The van der Waals surface area contributed by atoms with Gasteiger partial charge in [0.05, 0.1) is 10.6 Å². The lowest BCUT2D eigenvalue weighted by molar-refractivity contribution is -0.140. The van der Waals surface area contributed by atoms with Crippen molar-refractivity contribution in [2.45, 2.75) is 70.5 Å². The van der Waals surface area contributed by atoms with E-state index in [0.717, 1.165) is 10.8 Å². The van der Waals surface area contributed by atoms with E-state index in [9.17, 15) is 27.9 Å². The molecule has 10 heteroatoms. The number of aliphatic carboxylic acids is 1. The van der Waals surface area contributed by atoms with E-state index in [0.29, 0.717) is 29.3 Å². The maximum Gasteiger partial charge on any atom is 0.326 e. The molecule has 4 aromatic carbocycles. The number of benzene rings is 4. The second-order valence-corrected chi connectivity index (χ2v) is 13.2. The molecule has 0 radical (unpaired) electrons. The molecular formula is C35H41N3O6S.